The van der Waals surface area contributed by atoms with Gasteiger partial charge in [-0.15, -0.1) is 0 Å². The molecule has 1 aromatic carbocycles. The molecule has 142 valence electrons. The topological polar surface area (TPSA) is 76.5 Å². The molecular weight excluding hydrogens is 380 g/mol. The van der Waals surface area contributed by atoms with Crippen LogP contribution in [0.15, 0.2) is 40.6 Å². The van der Waals surface area contributed by atoms with E-state index in [1.165, 1.54) is 11.8 Å². The minimum Gasteiger partial charge on any atom is -0.489 e. The molecule has 1 amide bonds. The molecule has 6 nitrogen and oxygen atoms in total. The molecule has 2 heterocycles. The number of nitrogens with zero attached hydrogens (tertiary/aromatic N) is 3. The zero-order valence-electron chi connectivity index (χ0n) is 15.5. The summed E-state index contributed by atoms with van der Waals surface area (Å²) in [6.07, 6.45) is 1.94. The lowest BCUT2D eigenvalue weighted by molar-refractivity contribution is -0.120. The number of aromatic nitrogens is 2. The van der Waals surface area contributed by atoms with Crippen molar-refractivity contribution in [3.63, 3.8) is 0 Å². The van der Waals surface area contributed by atoms with Crippen LogP contribution in [-0.4, -0.2) is 44.9 Å². The second-order valence-electron chi connectivity index (χ2n) is 6.27. The number of carbonyl (C=O) groups excluding carboxylic acids is 1. The molecule has 0 spiro atoms. The minimum atomic E-state index is -0.348. The van der Waals surface area contributed by atoms with E-state index >= 15 is 0 Å². The Hall–Kier alpha value is -2.06. The van der Waals surface area contributed by atoms with Gasteiger partial charge in [0.25, 0.3) is 5.91 Å². The average Bonchev–Trinajstić information content (AvgIpc) is 2.58. The zero-order chi connectivity index (χ0) is 19.2. The Labute approximate surface area is 167 Å². The smallest absolute Gasteiger partial charge is 0.253 e. The molecule has 1 N–H and O–H groups in total. The van der Waals surface area contributed by atoms with Crippen molar-refractivity contribution in [3.8, 4) is 5.75 Å². The van der Waals surface area contributed by atoms with Gasteiger partial charge >= 0.3 is 0 Å². The fourth-order valence-electron chi connectivity index (χ4n) is 2.33. The molecule has 0 bridgehead atoms. The third-order valence-electron chi connectivity index (χ3n) is 3.79. The lowest BCUT2D eigenvalue weighted by atomic mass is 10.2. The van der Waals surface area contributed by atoms with Crippen molar-refractivity contribution in [2.45, 2.75) is 37.3 Å². The van der Waals surface area contributed by atoms with Gasteiger partial charge in [-0.1, -0.05) is 11.8 Å². The Kier molecular flexibility index (Phi) is 6.73. The molecule has 27 heavy (non-hydrogen) atoms. The van der Waals surface area contributed by atoms with E-state index in [4.69, 9.17) is 4.74 Å². The van der Waals surface area contributed by atoms with Crippen molar-refractivity contribution in [1.82, 2.24) is 15.4 Å². The van der Waals surface area contributed by atoms with Gasteiger partial charge in [-0.2, -0.15) is 16.9 Å². The molecule has 3 rings (SSSR count). The first-order valence-electron chi connectivity index (χ1n) is 8.66. The molecule has 1 saturated heterocycles. The van der Waals surface area contributed by atoms with E-state index in [2.05, 4.69) is 20.5 Å². The van der Waals surface area contributed by atoms with E-state index < -0.39 is 0 Å². The molecular formula is C19H22N4O2S2. The Morgan fingerprint density at radius 1 is 1.30 bits per heavy atom. The molecule has 1 atom stereocenters. The predicted octanol–water partition coefficient (Wildman–Crippen LogP) is 3.22. The normalized spacial score (nSPS) is 15.4. The van der Waals surface area contributed by atoms with Crippen LogP contribution in [-0.2, 0) is 4.79 Å². The van der Waals surface area contributed by atoms with Crippen LogP contribution in [0.3, 0.4) is 0 Å². The molecule has 1 aliphatic rings. The lowest BCUT2D eigenvalue weighted by Gasteiger charge is -2.25. The van der Waals surface area contributed by atoms with Gasteiger partial charge in [-0.25, -0.2) is 15.4 Å². The number of hydrogen-bond donors (Lipinski definition) is 1. The van der Waals surface area contributed by atoms with Crippen LogP contribution in [0.5, 0.6) is 5.75 Å². The van der Waals surface area contributed by atoms with E-state index in [-0.39, 0.29) is 11.2 Å². The number of ether oxygens (including phenoxy) is 1. The summed E-state index contributed by atoms with van der Waals surface area (Å²) >= 11 is 3.20. The van der Waals surface area contributed by atoms with Crippen LogP contribution in [0, 0.1) is 13.8 Å². The summed E-state index contributed by atoms with van der Waals surface area (Å²) in [5, 5.41) is 4.28. The maximum atomic E-state index is 12.2. The Morgan fingerprint density at radius 3 is 2.56 bits per heavy atom. The highest BCUT2D eigenvalue weighted by atomic mass is 32.2. The van der Waals surface area contributed by atoms with E-state index in [0.29, 0.717) is 11.3 Å². The van der Waals surface area contributed by atoms with Gasteiger partial charge in [0, 0.05) is 22.9 Å². The summed E-state index contributed by atoms with van der Waals surface area (Å²) in [6.45, 7) is 5.63. The zero-order valence-corrected chi connectivity index (χ0v) is 17.1. The van der Waals surface area contributed by atoms with Crippen LogP contribution in [0.4, 0.5) is 0 Å². The van der Waals surface area contributed by atoms with Gasteiger partial charge in [0.2, 0.25) is 0 Å². The van der Waals surface area contributed by atoms with Crippen LogP contribution in [0.25, 0.3) is 0 Å². The van der Waals surface area contributed by atoms with Crippen molar-refractivity contribution >= 4 is 35.6 Å². The fraction of sp³-hybridized carbons (Fsp3) is 0.368. The Balaban J connectivity index is 1.48. The van der Waals surface area contributed by atoms with Crippen molar-refractivity contribution in [3.05, 3.63) is 47.3 Å². The van der Waals surface area contributed by atoms with E-state index in [1.807, 2.05) is 55.9 Å². The van der Waals surface area contributed by atoms with Crippen LogP contribution in [0.2, 0.25) is 0 Å². The highest BCUT2D eigenvalue weighted by molar-refractivity contribution is 8.00. The summed E-state index contributed by atoms with van der Waals surface area (Å²) in [4.78, 5) is 20.9. The number of amides is 1. The number of hydrogen-bond acceptors (Lipinski definition) is 7. The monoisotopic (exact) mass is 402 g/mol. The summed E-state index contributed by atoms with van der Waals surface area (Å²) in [5.74, 6) is 2.78. The second kappa shape index (κ2) is 9.23. The number of hydrazone groups is 1. The summed E-state index contributed by atoms with van der Waals surface area (Å²) in [5.41, 5.74) is 5.23. The molecule has 1 aromatic heterocycles. The predicted molar refractivity (Wildman–Crippen MR) is 111 cm³/mol. The highest BCUT2D eigenvalue weighted by Crippen LogP contribution is 2.24. The van der Waals surface area contributed by atoms with Gasteiger partial charge in [-0.3, -0.25) is 4.79 Å². The molecule has 0 saturated carbocycles. The van der Waals surface area contributed by atoms with Crippen molar-refractivity contribution in [2.75, 3.05) is 11.5 Å². The number of rotatable bonds is 7. The molecule has 0 aliphatic carbocycles. The first-order chi connectivity index (χ1) is 13.0. The number of benzene rings is 1. The van der Waals surface area contributed by atoms with Crippen LogP contribution in [0.1, 0.15) is 23.9 Å². The lowest BCUT2D eigenvalue weighted by Crippen LogP contribution is -2.30. The van der Waals surface area contributed by atoms with Crippen LogP contribution >= 0.6 is 23.5 Å². The van der Waals surface area contributed by atoms with Gasteiger partial charge in [0.05, 0.1) is 11.5 Å². The quantitative estimate of drug-likeness (QED) is 0.332. The summed E-state index contributed by atoms with van der Waals surface area (Å²) < 4.78 is 5.80. The maximum Gasteiger partial charge on any atom is 0.253 e. The minimum absolute atomic E-state index is 0.193. The van der Waals surface area contributed by atoms with Gasteiger partial charge < -0.3 is 4.74 Å². The standard InChI is InChI=1S/C19H22N4O2S2/c1-12-8-13(2)22-19(21-12)27-14(3)18(24)23-20-9-15-4-6-16(7-5-15)25-17-10-26-11-17/h4-9,14,17H,10-11H2,1-3H3,(H,23,24)/b20-9-/t14-/m0/s1. The Bertz CT molecular complexity index is 803. The van der Waals surface area contributed by atoms with Crippen molar-refractivity contribution in [2.24, 2.45) is 5.10 Å². The van der Waals surface area contributed by atoms with Crippen LogP contribution < -0.4 is 10.2 Å². The third kappa shape index (κ3) is 5.97. The SMILES string of the molecule is Cc1cc(C)nc(S[C@@H](C)C(=O)N/N=C\c2ccc(OC3CSC3)cc2)n1. The third-order valence-corrected chi connectivity index (χ3v) is 5.97. The molecule has 1 fully saturated rings. The molecule has 0 radical (unpaired) electrons. The maximum absolute atomic E-state index is 12.2. The van der Waals surface area contributed by atoms with E-state index in [9.17, 15) is 4.79 Å². The Morgan fingerprint density at radius 2 is 1.96 bits per heavy atom. The highest BCUT2D eigenvalue weighted by Gasteiger charge is 2.19. The van der Waals surface area contributed by atoms with Gasteiger partial charge in [-0.05, 0) is 56.7 Å². The van der Waals surface area contributed by atoms with Crippen molar-refractivity contribution < 1.29 is 9.53 Å². The number of thioether (sulfide) groups is 2. The number of nitrogens with one attached hydrogen (secondary N) is 1. The molecule has 1 aliphatic heterocycles. The second-order valence-corrected chi connectivity index (χ2v) is 8.66. The molecule has 2 aromatic rings. The summed E-state index contributed by atoms with van der Waals surface area (Å²) in [7, 11) is 0. The fourth-order valence-corrected chi connectivity index (χ4v) is 3.76. The van der Waals surface area contributed by atoms with Gasteiger partial charge in [0.1, 0.15) is 11.9 Å². The molecule has 0 unspecified atom stereocenters. The summed E-state index contributed by atoms with van der Waals surface area (Å²) in [6, 6.07) is 9.57. The van der Waals surface area contributed by atoms with Gasteiger partial charge in [0.15, 0.2) is 5.16 Å². The number of carbonyl (C=O) groups is 1. The molecule has 8 heteroatoms. The van der Waals surface area contributed by atoms with Crippen molar-refractivity contribution in [1.29, 1.82) is 0 Å². The largest absolute Gasteiger partial charge is 0.489 e. The first kappa shape index (κ1) is 19.7. The number of aryl methyl sites for hydroxylation is 2. The first-order valence-corrected chi connectivity index (χ1v) is 10.7. The van der Waals surface area contributed by atoms with E-state index in [0.717, 1.165) is 34.2 Å². The van der Waals surface area contributed by atoms with E-state index in [1.54, 1.807) is 13.1 Å². The average molecular weight is 403 g/mol.